The van der Waals surface area contributed by atoms with Gasteiger partial charge in [0.1, 0.15) is 0 Å². The van der Waals surface area contributed by atoms with Crippen LogP contribution in [0.4, 0.5) is 0 Å². The van der Waals surface area contributed by atoms with E-state index in [0.717, 1.165) is 11.1 Å². The van der Waals surface area contributed by atoms with Crippen molar-refractivity contribution in [2.75, 3.05) is 7.11 Å². The van der Waals surface area contributed by atoms with Gasteiger partial charge in [0.05, 0.1) is 7.11 Å². The van der Waals surface area contributed by atoms with Gasteiger partial charge in [0.2, 0.25) is 15.9 Å². The normalized spacial score (nSPS) is 11.1. The first-order valence-corrected chi connectivity index (χ1v) is 6.16. The molecule has 16 heavy (non-hydrogen) atoms. The molecule has 0 atom stereocenters. The van der Waals surface area contributed by atoms with Crippen LogP contribution >= 0.6 is 0 Å². The molecule has 0 radical (unpaired) electrons. The third kappa shape index (κ3) is 3.32. The van der Waals surface area contributed by atoms with E-state index in [4.69, 9.17) is 4.74 Å². The van der Waals surface area contributed by atoms with Crippen LogP contribution < -0.4 is 9.46 Å². The molecule has 1 aromatic heterocycles. The van der Waals surface area contributed by atoms with E-state index >= 15 is 0 Å². The Labute approximate surface area is 95.2 Å². The van der Waals surface area contributed by atoms with Gasteiger partial charge in [-0.1, -0.05) is 12.6 Å². The Kier molecular flexibility index (Phi) is 4.03. The lowest BCUT2D eigenvalue weighted by Gasteiger charge is -2.08. The quantitative estimate of drug-likeness (QED) is 0.835. The third-order valence-corrected chi connectivity index (χ3v) is 2.94. The molecule has 0 saturated heterocycles. The Morgan fingerprint density at radius 1 is 1.56 bits per heavy atom. The second-order valence-corrected chi connectivity index (χ2v) is 4.87. The first-order chi connectivity index (χ1) is 7.48. The van der Waals surface area contributed by atoms with E-state index in [-0.39, 0.29) is 6.54 Å². The van der Waals surface area contributed by atoms with E-state index in [1.54, 1.807) is 12.1 Å². The van der Waals surface area contributed by atoms with Crippen LogP contribution in [0.3, 0.4) is 0 Å². The Hall–Kier alpha value is -1.40. The summed E-state index contributed by atoms with van der Waals surface area (Å²) in [6.07, 6.45) is 0. The number of nitrogens with zero attached hydrogens (tertiary/aromatic N) is 1. The van der Waals surface area contributed by atoms with Crippen molar-refractivity contribution in [2.24, 2.45) is 0 Å². The van der Waals surface area contributed by atoms with E-state index in [0.29, 0.717) is 11.4 Å². The van der Waals surface area contributed by atoms with Crippen LogP contribution in [-0.4, -0.2) is 20.5 Å². The Morgan fingerprint density at radius 2 is 2.25 bits per heavy atom. The largest absolute Gasteiger partial charge is 0.481 e. The summed E-state index contributed by atoms with van der Waals surface area (Å²) in [6, 6.07) is 3.56. The van der Waals surface area contributed by atoms with Gasteiger partial charge < -0.3 is 4.74 Å². The van der Waals surface area contributed by atoms with Crippen molar-refractivity contribution in [3.63, 3.8) is 0 Å². The van der Waals surface area contributed by atoms with Gasteiger partial charge in [-0.25, -0.2) is 18.1 Å². The third-order valence-electron chi connectivity index (χ3n) is 1.95. The fourth-order valence-corrected chi connectivity index (χ4v) is 1.58. The lowest BCUT2D eigenvalue weighted by molar-refractivity contribution is 0.391. The molecular formula is C10H14N2O3S. The summed E-state index contributed by atoms with van der Waals surface area (Å²) in [7, 11) is -1.93. The van der Waals surface area contributed by atoms with Crippen molar-refractivity contribution in [2.45, 2.75) is 13.5 Å². The highest BCUT2D eigenvalue weighted by molar-refractivity contribution is 7.92. The fourth-order valence-electron chi connectivity index (χ4n) is 1.11. The number of hydrogen-bond donors (Lipinski definition) is 1. The summed E-state index contributed by atoms with van der Waals surface area (Å²) in [6.45, 7) is 5.17. The summed E-state index contributed by atoms with van der Waals surface area (Å²) in [5.74, 6) is 0.423. The molecule has 6 heteroatoms. The number of pyridine rings is 1. The molecular weight excluding hydrogens is 228 g/mol. The van der Waals surface area contributed by atoms with Crippen LogP contribution in [0.15, 0.2) is 24.1 Å². The molecule has 1 heterocycles. The average Bonchev–Trinajstić information content (AvgIpc) is 2.27. The molecule has 1 aromatic rings. The van der Waals surface area contributed by atoms with E-state index in [1.807, 2.05) is 6.92 Å². The predicted octanol–water partition coefficient (Wildman–Crippen LogP) is 0.962. The molecule has 0 bridgehead atoms. The first-order valence-electron chi connectivity index (χ1n) is 4.61. The van der Waals surface area contributed by atoms with E-state index < -0.39 is 10.0 Å². The molecule has 0 unspecified atom stereocenters. The standard InChI is InChI=1S/C10H14N2O3S/c1-4-16(13,14)11-7-9-6-5-8(2)12-10(9)15-3/h4-6,11H,1,7H2,2-3H3. The van der Waals surface area contributed by atoms with Crippen LogP contribution in [0.5, 0.6) is 5.88 Å². The highest BCUT2D eigenvalue weighted by Crippen LogP contribution is 2.15. The molecule has 0 fully saturated rings. The summed E-state index contributed by atoms with van der Waals surface area (Å²) >= 11 is 0. The number of hydrogen-bond acceptors (Lipinski definition) is 4. The summed E-state index contributed by atoms with van der Waals surface area (Å²) in [5.41, 5.74) is 1.49. The van der Waals surface area contributed by atoms with Crippen molar-refractivity contribution in [3.05, 3.63) is 35.4 Å². The molecule has 88 valence electrons. The molecule has 0 aliphatic heterocycles. The van der Waals surface area contributed by atoms with Gasteiger partial charge >= 0.3 is 0 Å². The number of sulfonamides is 1. The van der Waals surface area contributed by atoms with Crippen molar-refractivity contribution in [1.82, 2.24) is 9.71 Å². The number of ether oxygens (including phenoxy) is 1. The van der Waals surface area contributed by atoms with Gasteiger partial charge in [0, 0.05) is 23.2 Å². The van der Waals surface area contributed by atoms with Crippen molar-refractivity contribution >= 4 is 10.0 Å². The molecule has 0 aromatic carbocycles. The van der Waals surface area contributed by atoms with Crippen molar-refractivity contribution in [1.29, 1.82) is 0 Å². The molecule has 1 N–H and O–H groups in total. The number of aryl methyl sites for hydroxylation is 1. The Balaban J connectivity index is 2.86. The van der Waals surface area contributed by atoms with Crippen LogP contribution in [0, 0.1) is 6.92 Å². The van der Waals surface area contributed by atoms with Crippen molar-refractivity contribution in [3.8, 4) is 5.88 Å². The summed E-state index contributed by atoms with van der Waals surface area (Å²) < 4.78 is 29.7. The summed E-state index contributed by atoms with van der Waals surface area (Å²) in [4.78, 5) is 4.14. The second kappa shape index (κ2) is 5.09. The minimum Gasteiger partial charge on any atom is -0.481 e. The van der Waals surface area contributed by atoms with Gasteiger partial charge in [-0.3, -0.25) is 0 Å². The highest BCUT2D eigenvalue weighted by atomic mass is 32.2. The zero-order chi connectivity index (χ0) is 12.2. The van der Waals surface area contributed by atoms with Gasteiger partial charge in [-0.15, -0.1) is 0 Å². The molecule has 0 amide bonds. The maximum Gasteiger partial charge on any atom is 0.233 e. The zero-order valence-corrected chi connectivity index (χ0v) is 10.0. The molecule has 0 aliphatic rings. The number of nitrogens with one attached hydrogen (secondary N) is 1. The van der Waals surface area contributed by atoms with Crippen LogP contribution in [0.25, 0.3) is 0 Å². The van der Waals surface area contributed by atoms with Crippen molar-refractivity contribution < 1.29 is 13.2 Å². The van der Waals surface area contributed by atoms with Gasteiger partial charge in [0.15, 0.2) is 0 Å². The molecule has 0 aliphatic carbocycles. The minimum absolute atomic E-state index is 0.130. The maximum atomic E-state index is 11.1. The van der Waals surface area contributed by atoms with Gasteiger partial charge in [0.25, 0.3) is 0 Å². The minimum atomic E-state index is -3.42. The zero-order valence-electron chi connectivity index (χ0n) is 9.23. The van der Waals surface area contributed by atoms with E-state index in [1.165, 1.54) is 7.11 Å². The maximum absolute atomic E-state index is 11.1. The smallest absolute Gasteiger partial charge is 0.233 e. The number of aromatic nitrogens is 1. The molecule has 0 spiro atoms. The molecule has 0 saturated carbocycles. The number of rotatable bonds is 5. The lowest BCUT2D eigenvalue weighted by Crippen LogP contribution is -2.20. The van der Waals surface area contributed by atoms with E-state index in [9.17, 15) is 8.42 Å². The lowest BCUT2D eigenvalue weighted by atomic mass is 10.2. The average molecular weight is 242 g/mol. The van der Waals surface area contributed by atoms with Gasteiger partial charge in [-0.2, -0.15) is 0 Å². The molecule has 1 rings (SSSR count). The highest BCUT2D eigenvalue weighted by Gasteiger charge is 2.08. The van der Waals surface area contributed by atoms with Gasteiger partial charge in [-0.05, 0) is 13.0 Å². The summed E-state index contributed by atoms with van der Waals surface area (Å²) in [5, 5.41) is 0.862. The fraction of sp³-hybridized carbons (Fsp3) is 0.300. The Morgan fingerprint density at radius 3 is 2.81 bits per heavy atom. The van der Waals surface area contributed by atoms with Crippen LogP contribution in [0.2, 0.25) is 0 Å². The van der Waals surface area contributed by atoms with E-state index in [2.05, 4.69) is 16.3 Å². The van der Waals surface area contributed by atoms with Crippen LogP contribution in [-0.2, 0) is 16.6 Å². The Bertz CT molecular complexity index is 483. The SMILES string of the molecule is C=CS(=O)(=O)NCc1ccc(C)nc1OC. The first kappa shape index (κ1) is 12.7. The van der Waals surface area contributed by atoms with Crippen LogP contribution in [0.1, 0.15) is 11.3 Å². The predicted molar refractivity (Wildman–Crippen MR) is 61.5 cm³/mol. The topological polar surface area (TPSA) is 68.3 Å². The molecule has 5 nitrogen and oxygen atoms in total. The number of methoxy groups -OCH3 is 1. The monoisotopic (exact) mass is 242 g/mol. The second-order valence-electron chi connectivity index (χ2n) is 3.15.